The van der Waals surface area contributed by atoms with E-state index in [9.17, 15) is 4.79 Å². The molecule has 1 heterocycles. The molecular formula is C21H19NO4. The minimum absolute atomic E-state index is 0.248. The van der Waals surface area contributed by atoms with E-state index in [1.807, 2.05) is 55.5 Å². The Morgan fingerprint density at radius 1 is 1.08 bits per heavy atom. The molecule has 0 saturated carbocycles. The third-order valence-electron chi connectivity index (χ3n) is 3.68. The van der Waals surface area contributed by atoms with E-state index in [4.69, 9.17) is 14.2 Å². The number of aliphatic imine (C=N–C) groups is 1. The minimum Gasteiger partial charge on any atom is -0.496 e. The Kier molecular flexibility index (Phi) is 5.49. The third-order valence-corrected chi connectivity index (χ3v) is 3.68. The van der Waals surface area contributed by atoms with Gasteiger partial charge < -0.3 is 14.2 Å². The van der Waals surface area contributed by atoms with Gasteiger partial charge in [0.1, 0.15) is 11.5 Å². The van der Waals surface area contributed by atoms with E-state index in [-0.39, 0.29) is 11.6 Å². The van der Waals surface area contributed by atoms with Gasteiger partial charge in [0.05, 0.1) is 13.7 Å². The van der Waals surface area contributed by atoms with Crippen LogP contribution in [0.3, 0.4) is 0 Å². The second-order valence-corrected chi connectivity index (χ2v) is 5.45. The van der Waals surface area contributed by atoms with Crippen LogP contribution in [-0.4, -0.2) is 25.6 Å². The number of nitrogens with zero attached hydrogens (tertiary/aromatic N) is 1. The zero-order chi connectivity index (χ0) is 18.4. The van der Waals surface area contributed by atoms with Gasteiger partial charge in [0.2, 0.25) is 5.90 Å². The van der Waals surface area contributed by atoms with Crippen LogP contribution in [0.25, 0.3) is 12.2 Å². The lowest BCUT2D eigenvalue weighted by Gasteiger charge is -2.02. The molecule has 2 aromatic carbocycles. The molecule has 26 heavy (non-hydrogen) atoms. The summed E-state index contributed by atoms with van der Waals surface area (Å²) in [6.07, 6.45) is 5.13. The van der Waals surface area contributed by atoms with E-state index >= 15 is 0 Å². The first-order valence-corrected chi connectivity index (χ1v) is 8.26. The number of esters is 1. The fourth-order valence-corrected chi connectivity index (χ4v) is 2.45. The highest BCUT2D eigenvalue weighted by Crippen LogP contribution is 2.21. The highest BCUT2D eigenvalue weighted by Gasteiger charge is 2.21. The molecule has 3 rings (SSSR count). The Bertz CT molecular complexity index is 879. The summed E-state index contributed by atoms with van der Waals surface area (Å²) in [6.45, 7) is 2.54. The Labute approximate surface area is 152 Å². The van der Waals surface area contributed by atoms with Crippen LogP contribution in [0.2, 0.25) is 0 Å². The fraction of sp³-hybridized carbons (Fsp3) is 0.143. The van der Waals surface area contributed by atoms with Gasteiger partial charge in [-0.3, -0.25) is 0 Å². The van der Waals surface area contributed by atoms with Gasteiger partial charge in [-0.25, -0.2) is 9.79 Å². The monoisotopic (exact) mass is 349 g/mol. The molecule has 0 radical (unpaired) electrons. The number of benzene rings is 2. The number of rotatable bonds is 6. The fourth-order valence-electron chi connectivity index (χ4n) is 2.45. The highest BCUT2D eigenvalue weighted by molar-refractivity contribution is 6.11. The Morgan fingerprint density at radius 2 is 1.85 bits per heavy atom. The molecule has 0 spiro atoms. The van der Waals surface area contributed by atoms with E-state index in [1.54, 1.807) is 25.3 Å². The predicted octanol–water partition coefficient (Wildman–Crippen LogP) is 4.10. The molecule has 0 N–H and O–H groups in total. The molecule has 5 nitrogen and oxygen atoms in total. The number of hydrogen-bond donors (Lipinski definition) is 0. The molecule has 0 bridgehead atoms. The molecular weight excluding hydrogens is 330 g/mol. The number of hydrogen-bond acceptors (Lipinski definition) is 5. The second-order valence-electron chi connectivity index (χ2n) is 5.45. The SMILES string of the molecule is CCOc1ccc(C=C2N=C(C=Cc3ccccc3OC)OC2=O)cc1. The molecule has 0 unspecified atom stereocenters. The van der Waals surface area contributed by atoms with Crippen molar-refractivity contribution in [1.82, 2.24) is 0 Å². The van der Waals surface area contributed by atoms with Crippen LogP contribution >= 0.6 is 0 Å². The first-order chi connectivity index (χ1) is 12.7. The number of ether oxygens (including phenoxy) is 3. The number of carbonyl (C=O) groups excluding carboxylic acids is 1. The minimum atomic E-state index is -0.474. The summed E-state index contributed by atoms with van der Waals surface area (Å²) in [5.41, 5.74) is 1.98. The lowest BCUT2D eigenvalue weighted by atomic mass is 10.2. The van der Waals surface area contributed by atoms with Gasteiger partial charge in [-0.15, -0.1) is 0 Å². The zero-order valence-corrected chi connectivity index (χ0v) is 14.6. The van der Waals surface area contributed by atoms with Crippen molar-refractivity contribution in [2.45, 2.75) is 6.92 Å². The van der Waals surface area contributed by atoms with Crippen molar-refractivity contribution in [3.05, 3.63) is 71.4 Å². The molecule has 0 amide bonds. The van der Waals surface area contributed by atoms with Crippen LogP contribution in [0.15, 0.2) is 65.3 Å². The molecule has 5 heteroatoms. The maximum Gasteiger partial charge on any atom is 0.363 e. The summed E-state index contributed by atoms with van der Waals surface area (Å²) in [5.74, 6) is 1.29. The topological polar surface area (TPSA) is 57.1 Å². The van der Waals surface area contributed by atoms with Crippen molar-refractivity contribution in [1.29, 1.82) is 0 Å². The first-order valence-electron chi connectivity index (χ1n) is 8.26. The number of para-hydroxylation sites is 1. The van der Waals surface area contributed by atoms with E-state index in [0.29, 0.717) is 6.61 Å². The van der Waals surface area contributed by atoms with E-state index in [0.717, 1.165) is 22.6 Å². The zero-order valence-electron chi connectivity index (χ0n) is 14.6. The summed E-state index contributed by atoms with van der Waals surface area (Å²) in [5, 5.41) is 0. The molecule has 0 saturated heterocycles. The van der Waals surface area contributed by atoms with E-state index in [2.05, 4.69) is 4.99 Å². The number of methoxy groups -OCH3 is 1. The average molecular weight is 349 g/mol. The van der Waals surface area contributed by atoms with Gasteiger partial charge in [0.15, 0.2) is 5.70 Å². The van der Waals surface area contributed by atoms with Crippen LogP contribution < -0.4 is 9.47 Å². The van der Waals surface area contributed by atoms with Crippen LogP contribution in [0.5, 0.6) is 11.5 Å². The molecule has 1 aliphatic heterocycles. The summed E-state index contributed by atoms with van der Waals surface area (Å²) in [4.78, 5) is 16.2. The predicted molar refractivity (Wildman–Crippen MR) is 101 cm³/mol. The average Bonchev–Trinajstić information content (AvgIpc) is 3.01. The number of cyclic esters (lactones) is 1. The van der Waals surface area contributed by atoms with Gasteiger partial charge in [0.25, 0.3) is 0 Å². The number of carbonyl (C=O) groups is 1. The van der Waals surface area contributed by atoms with Gasteiger partial charge in [0, 0.05) is 11.6 Å². The molecule has 1 aliphatic rings. The molecule has 2 aromatic rings. The summed E-state index contributed by atoms with van der Waals surface area (Å²) >= 11 is 0. The van der Waals surface area contributed by atoms with Gasteiger partial charge in [-0.2, -0.15) is 0 Å². The highest BCUT2D eigenvalue weighted by atomic mass is 16.6. The summed E-state index contributed by atoms with van der Waals surface area (Å²) < 4.78 is 15.9. The van der Waals surface area contributed by atoms with Crippen molar-refractivity contribution in [3.8, 4) is 11.5 Å². The van der Waals surface area contributed by atoms with Gasteiger partial charge in [-0.05, 0) is 42.8 Å². The summed E-state index contributed by atoms with van der Waals surface area (Å²) in [7, 11) is 1.61. The van der Waals surface area contributed by atoms with Crippen molar-refractivity contribution in [3.63, 3.8) is 0 Å². The Balaban J connectivity index is 1.77. The quantitative estimate of drug-likeness (QED) is 0.582. The third kappa shape index (κ3) is 4.19. The molecule has 0 fully saturated rings. The molecule has 0 aliphatic carbocycles. The van der Waals surface area contributed by atoms with Crippen molar-refractivity contribution >= 4 is 24.0 Å². The van der Waals surface area contributed by atoms with Crippen LogP contribution in [0.1, 0.15) is 18.1 Å². The van der Waals surface area contributed by atoms with E-state index < -0.39 is 5.97 Å². The maximum absolute atomic E-state index is 12.0. The standard InChI is InChI=1S/C21H19NO4/c1-3-25-17-11-8-15(9-12-17)14-18-21(23)26-20(22-18)13-10-16-6-4-5-7-19(16)24-2/h4-14H,3H2,1-2H3. The van der Waals surface area contributed by atoms with Gasteiger partial charge in [-0.1, -0.05) is 30.3 Å². The first kappa shape index (κ1) is 17.5. The van der Waals surface area contributed by atoms with Crippen LogP contribution in [0.4, 0.5) is 0 Å². The molecule has 0 atom stereocenters. The second kappa shape index (κ2) is 8.16. The van der Waals surface area contributed by atoms with Crippen molar-refractivity contribution < 1.29 is 19.0 Å². The summed E-state index contributed by atoms with van der Waals surface area (Å²) in [6, 6.07) is 15.0. The van der Waals surface area contributed by atoms with Crippen LogP contribution in [-0.2, 0) is 9.53 Å². The lowest BCUT2D eigenvalue weighted by Crippen LogP contribution is -2.01. The van der Waals surface area contributed by atoms with Gasteiger partial charge >= 0.3 is 5.97 Å². The van der Waals surface area contributed by atoms with Crippen molar-refractivity contribution in [2.75, 3.05) is 13.7 Å². The lowest BCUT2D eigenvalue weighted by molar-refractivity contribution is -0.129. The molecule has 132 valence electrons. The van der Waals surface area contributed by atoms with E-state index in [1.165, 1.54) is 0 Å². The smallest absolute Gasteiger partial charge is 0.363 e. The molecule has 0 aromatic heterocycles. The Hall–Kier alpha value is -3.34. The van der Waals surface area contributed by atoms with Crippen LogP contribution in [0, 0.1) is 0 Å². The maximum atomic E-state index is 12.0. The van der Waals surface area contributed by atoms with Crippen molar-refractivity contribution in [2.24, 2.45) is 4.99 Å². The largest absolute Gasteiger partial charge is 0.496 e. The normalized spacial score (nSPS) is 15.2. The Morgan fingerprint density at radius 3 is 2.58 bits per heavy atom.